The maximum atomic E-state index is 12.9. The molecule has 0 unspecified atom stereocenters. The van der Waals surface area contributed by atoms with Crippen molar-refractivity contribution >= 4 is 45.7 Å². The van der Waals surface area contributed by atoms with E-state index in [1.54, 1.807) is 30.2 Å². The maximum absolute atomic E-state index is 12.9. The average molecular weight is 583 g/mol. The molecule has 3 aromatic rings. The first kappa shape index (κ1) is 30.0. The zero-order chi connectivity index (χ0) is 28.5. The van der Waals surface area contributed by atoms with Gasteiger partial charge >= 0.3 is 0 Å². The van der Waals surface area contributed by atoms with Gasteiger partial charge in [0.2, 0.25) is 17.7 Å². The van der Waals surface area contributed by atoms with E-state index < -0.39 is 0 Å². The summed E-state index contributed by atoms with van der Waals surface area (Å²) in [6.07, 6.45) is 8.50. The molecule has 0 spiro atoms. The van der Waals surface area contributed by atoms with E-state index in [0.717, 1.165) is 53.7 Å². The van der Waals surface area contributed by atoms with E-state index in [0.29, 0.717) is 23.3 Å². The molecule has 0 saturated carbocycles. The third-order valence-electron chi connectivity index (χ3n) is 6.50. The van der Waals surface area contributed by atoms with Gasteiger partial charge in [0.05, 0.1) is 22.4 Å². The molecule has 1 saturated heterocycles. The van der Waals surface area contributed by atoms with Gasteiger partial charge in [0, 0.05) is 36.2 Å². The predicted molar refractivity (Wildman–Crippen MR) is 162 cm³/mol. The molecule has 0 aliphatic carbocycles. The number of anilines is 2. The Morgan fingerprint density at radius 1 is 1.18 bits per heavy atom. The largest absolute Gasteiger partial charge is 0.444 e. The van der Waals surface area contributed by atoms with Gasteiger partial charge in [0.25, 0.3) is 0 Å². The van der Waals surface area contributed by atoms with Crippen molar-refractivity contribution in [2.45, 2.75) is 55.5 Å². The van der Waals surface area contributed by atoms with Gasteiger partial charge in [-0.2, -0.15) is 0 Å². The number of thioether (sulfide) groups is 1. The molecule has 40 heavy (non-hydrogen) atoms. The molecule has 0 atom stereocenters. The van der Waals surface area contributed by atoms with Crippen LogP contribution in [0.5, 0.6) is 0 Å². The minimum atomic E-state index is -0.144. The van der Waals surface area contributed by atoms with Gasteiger partial charge in [0.1, 0.15) is 5.76 Å². The van der Waals surface area contributed by atoms with Gasteiger partial charge < -0.3 is 20.4 Å². The molecule has 2 amide bonds. The molecule has 1 fully saturated rings. The van der Waals surface area contributed by atoms with Crippen LogP contribution in [0.4, 0.5) is 10.8 Å². The van der Waals surface area contributed by atoms with Crippen LogP contribution < -0.4 is 16.0 Å². The highest BCUT2D eigenvalue weighted by Crippen LogP contribution is 2.32. The molecule has 3 heterocycles. The van der Waals surface area contributed by atoms with Crippen molar-refractivity contribution in [3.63, 3.8) is 0 Å². The number of piperidine rings is 1. The summed E-state index contributed by atoms with van der Waals surface area (Å²) in [6.45, 7) is 9.40. The fourth-order valence-corrected chi connectivity index (χ4v) is 6.00. The molecule has 1 aromatic carbocycles. The molecule has 9 nitrogen and oxygen atoms in total. The Kier molecular flexibility index (Phi) is 10.5. The molecule has 1 aliphatic rings. The van der Waals surface area contributed by atoms with Crippen LogP contribution in [0.15, 0.2) is 57.4 Å². The van der Waals surface area contributed by atoms with E-state index in [4.69, 9.17) is 4.42 Å². The number of nitrogens with one attached hydrogen (secondary N) is 3. The van der Waals surface area contributed by atoms with E-state index in [-0.39, 0.29) is 23.1 Å². The molecule has 0 radical (unpaired) electrons. The van der Waals surface area contributed by atoms with Gasteiger partial charge in [-0.3, -0.25) is 14.5 Å². The van der Waals surface area contributed by atoms with Crippen molar-refractivity contribution in [3.05, 3.63) is 66.0 Å². The van der Waals surface area contributed by atoms with Crippen LogP contribution in [0.1, 0.15) is 50.8 Å². The van der Waals surface area contributed by atoms with Crippen LogP contribution in [0.25, 0.3) is 0 Å². The van der Waals surface area contributed by atoms with Crippen molar-refractivity contribution < 1.29 is 14.0 Å². The number of likely N-dealkylation sites (tertiary alicyclic amines) is 1. The van der Waals surface area contributed by atoms with E-state index in [9.17, 15) is 9.59 Å². The number of carbonyl (C=O) groups excluding carboxylic acids is 2. The van der Waals surface area contributed by atoms with Crippen LogP contribution in [0.2, 0.25) is 0 Å². The Morgan fingerprint density at radius 3 is 2.70 bits per heavy atom. The van der Waals surface area contributed by atoms with Crippen LogP contribution >= 0.6 is 23.1 Å². The second-order valence-electron chi connectivity index (χ2n) is 10.8. The fraction of sp³-hybridized carbons (Fsp3) is 0.448. The Hall–Kier alpha value is -2.99. The smallest absolute Gasteiger partial charge is 0.248 e. The van der Waals surface area contributed by atoms with Crippen molar-refractivity contribution in [2.24, 2.45) is 5.92 Å². The number of carbonyl (C=O) groups is 2. The monoisotopic (exact) mass is 582 g/mol. The Labute approximate surface area is 244 Å². The minimum absolute atomic E-state index is 0.0316. The zero-order valence-electron chi connectivity index (χ0n) is 23.5. The number of aromatic nitrogens is 2. The van der Waals surface area contributed by atoms with E-state index in [1.807, 2.05) is 25.2 Å². The first-order chi connectivity index (χ1) is 19.2. The van der Waals surface area contributed by atoms with Gasteiger partial charge in [-0.05, 0) is 50.7 Å². The molecular formula is C29H38N6O3S2. The molecule has 214 valence electrons. The maximum Gasteiger partial charge on any atom is 0.248 e. The van der Waals surface area contributed by atoms with E-state index in [1.165, 1.54) is 17.4 Å². The second kappa shape index (κ2) is 14.1. The summed E-state index contributed by atoms with van der Waals surface area (Å²) in [5.74, 6) is 2.03. The van der Waals surface area contributed by atoms with Gasteiger partial charge in [-0.1, -0.05) is 50.3 Å². The second-order valence-corrected chi connectivity index (χ2v) is 13.1. The average Bonchev–Trinajstić information content (AvgIpc) is 3.58. The van der Waals surface area contributed by atoms with E-state index >= 15 is 0 Å². The first-order valence-electron chi connectivity index (χ1n) is 13.5. The normalized spacial score (nSPS) is 15.0. The van der Waals surface area contributed by atoms with Crippen LogP contribution in [0.3, 0.4) is 0 Å². The quantitative estimate of drug-likeness (QED) is 0.207. The van der Waals surface area contributed by atoms with Crippen molar-refractivity contribution in [2.75, 3.05) is 37.3 Å². The van der Waals surface area contributed by atoms with Crippen molar-refractivity contribution in [1.29, 1.82) is 0 Å². The highest BCUT2D eigenvalue weighted by Gasteiger charge is 2.26. The Morgan fingerprint density at radius 2 is 1.98 bits per heavy atom. The molecule has 0 bridgehead atoms. The van der Waals surface area contributed by atoms with Crippen molar-refractivity contribution in [3.8, 4) is 0 Å². The molecule has 2 aromatic heterocycles. The summed E-state index contributed by atoms with van der Waals surface area (Å²) in [6, 6.07) is 7.92. The van der Waals surface area contributed by atoms with Crippen molar-refractivity contribution in [1.82, 2.24) is 20.2 Å². The number of hydrogen-bond donors (Lipinski definition) is 3. The summed E-state index contributed by atoms with van der Waals surface area (Å²) in [7, 11) is 1.84. The number of oxazole rings is 1. The summed E-state index contributed by atoms with van der Waals surface area (Å²) in [4.78, 5) is 36.1. The first-order valence-corrected chi connectivity index (χ1v) is 15.3. The molecule has 4 rings (SSSR count). The Balaban J connectivity index is 1.20. The molecule has 11 heteroatoms. The lowest BCUT2D eigenvalue weighted by Gasteiger charge is -2.31. The third kappa shape index (κ3) is 9.02. The number of nitrogens with zero attached hydrogens (tertiary/aromatic N) is 3. The zero-order valence-corrected chi connectivity index (χ0v) is 25.2. The Bertz CT molecular complexity index is 1300. The number of thiazole rings is 1. The van der Waals surface area contributed by atoms with Crippen LogP contribution in [-0.4, -0.2) is 53.4 Å². The number of amides is 2. The molecule has 1 aliphatic heterocycles. The minimum Gasteiger partial charge on any atom is -0.444 e. The van der Waals surface area contributed by atoms with Crippen LogP contribution in [-0.2, 0) is 27.3 Å². The summed E-state index contributed by atoms with van der Waals surface area (Å²) in [5.41, 5.74) is 1.84. The highest BCUT2D eigenvalue weighted by molar-refractivity contribution is 8.00. The lowest BCUT2D eigenvalue weighted by molar-refractivity contribution is -0.121. The summed E-state index contributed by atoms with van der Waals surface area (Å²) >= 11 is 3.08. The predicted octanol–water partition coefficient (Wildman–Crippen LogP) is 5.29. The number of likely N-dealkylation sites (N-methyl/N-ethyl adjacent to an activating group) is 1. The summed E-state index contributed by atoms with van der Waals surface area (Å²) < 4.78 is 6.87. The highest BCUT2D eigenvalue weighted by atomic mass is 32.2. The molecule has 3 N–H and O–H groups in total. The topological polar surface area (TPSA) is 112 Å². The van der Waals surface area contributed by atoms with E-state index in [2.05, 4.69) is 57.7 Å². The lowest BCUT2D eigenvalue weighted by atomic mass is 9.94. The number of rotatable bonds is 11. The summed E-state index contributed by atoms with van der Waals surface area (Å²) in [5, 5.41) is 9.51. The third-order valence-corrected chi connectivity index (χ3v) is 8.59. The SMILES string of the molecule is CNC/C=C/C(=O)Nc1cccc(CN2CCC(C(=O)Nc3ncc(SCc4ncc(C(C)(C)C)o4)s3)CC2)c1. The van der Waals surface area contributed by atoms with Crippen LogP contribution in [0, 0.1) is 5.92 Å². The van der Waals surface area contributed by atoms with Gasteiger partial charge in [0.15, 0.2) is 5.13 Å². The lowest BCUT2D eigenvalue weighted by Crippen LogP contribution is -2.37. The number of benzene rings is 1. The number of hydrogen-bond acceptors (Lipinski definition) is 9. The molecular weight excluding hydrogens is 544 g/mol. The fourth-order valence-electron chi connectivity index (χ4n) is 4.27. The van der Waals surface area contributed by atoms with Gasteiger partial charge in [-0.15, -0.1) is 11.8 Å². The standard InChI is InChI=1S/C29H38N6O3S2/c1-29(2,3)23-16-31-25(38-23)19-39-26-17-32-28(40-26)34-27(37)21-10-13-35(14-11-21)18-20-7-5-8-22(15-20)33-24(36)9-6-12-30-4/h5-9,15-17,21,30H,10-14,18-19H2,1-4H3,(H,33,36)(H,32,34,37)/b9-6+. The van der Waals surface area contributed by atoms with Gasteiger partial charge in [-0.25, -0.2) is 9.97 Å².